The summed E-state index contributed by atoms with van der Waals surface area (Å²) in [4.78, 5) is 0. The maximum atomic E-state index is 13.2. The topological polar surface area (TPSA) is 21.3 Å². The fourth-order valence-corrected chi connectivity index (χ4v) is 2.84. The number of methoxy groups -OCH3 is 1. The number of nitrogens with one attached hydrogen (secondary N) is 1. The minimum Gasteiger partial charge on any atom is -0.380 e. The van der Waals surface area contributed by atoms with E-state index in [-0.39, 0.29) is 18.0 Å². The number of benzene rings is 1. The van der Waals surface area contributed by atoms with Crippen molar-refractivity contribution < 1.29 is 9.13 Å². The molecule has 0 heterocycles. The van der Waals surface area contributed by atoms with Gasteiger partial charge in [0.2, 0.25) is 0 Å². The zero-order chi connectivity index (χ0) is 13.1. The molecule has 0 amide bonds. The minimum atomic E-state index is -0.217. The predicted molar refractivity (Wildman–Crippen MR) is 74.2 cm³/mol. The van der Waals surface area contributed by atoms with Crippen LogP contribution in [0.2, 0.25) is 0 Å². The van der Waals surface area contributed by atoms with Crippen molar-refractivity contribution in [2.24, 2.45) is 5.92 Å². The van der Waals surface area contributed by atoms with Crippen molar-refractivity contribution in [2.75, 3.05) is 14.2 Å². The van der Waals surface area contributed by atoms with Crippen LogP contribution < -0.4 is 5.32 Å². The molecule has 1 saturated carbocycles. The molecule has 2 unspecified atom stereocenters. The molecule has 2 nitrogen and oxygen atoms in total. The third-order valence-electron chi connectivity index (χ3n) is 3.57. The molecule has 1 aromatic rings. The average Bonchev–Trinajstić information content (AvgIpc) is 3.18. The molecule has 100 valence electrons. The zero-order valence-electron chi connectivity index (χ0n) is 10.7. The molecule has 1 fully saturated rings. The summed E-state index contributed by atoms with van der Waals surface area (Å²) in [5.74, 6) is 0.460. The lowest BCUT2D eigenvalue weighted by Crippen LogP contribution is -2.42. The minimum absolute atomic E-state index is 0.217. The summed E-state index contributed by atoms with van der Waals surface area (Å²) in [6, 6.07) is 5.47. The van der Waals surface area contributed by atoms with Crippen LogP contribution in [0.5, 0.6) is 0 Å². The summed E-state index contributed by atoms with van der Waals surface area (Å²) in [5.41, 5.74) is 1.12. The van der Waals surface area contributed by atoms with Gasteiger partial charge in [0.15, 0.2) is 0 Å². The van der Waals surface area contributed by atoms with Gasteiger partial charge in [-0.25, -0.2) is 4.39 Å². The normalized spacial score (nSPS) is 18.7. The second kappa shape index (κ2) is 6.13. The molecule has 2 atom stereocenters. The predicted octanol–water partition coefficient (Wildman–Crippen LogP) is 3.14. The van der Waals surface area contributed by atoms with E-state index in [1.807, 2.05) is 19.2 Å². The van der Waals surface area contributed by atoms with Gasteiger partial charge in [-0.1, -0.05) is 6.07 Å². The number of ether oxygens (including phenoxy) is 1. The Bertz CT molecular complexity index is 409. The summed E-state index contributed by atoms with van der Waals surface area (Å²) in [5, 5.41) is 3.32. The highest BCUT2D eigenvalue weighted by Crippen LogP contribution is 2.36. The molecule has 0 spiro atoms. The van der Waals surface area contributed by atoms with Crippen molar-refractivity contribution in [3.05, 3.63) is 34.1 Å². The first-order valence-corrected chi connectivity index (χ1v) is 7.09. The first-order valence-electron chi connectivity index (χ1n) is 6.29. The lowest BCUT2D eigenvalue weighted by atomic mass is 9.98. The first kappa shape index (κ1) is 14.0. The molecule has 1 N–H and O–H groups in total. The fraction of sp³-hybridized carbons (Fsp3) is 0.571. The Labute approximate surface area is 116 Å². The van der Waals surface area contributed by atoms with E-state index in [1.165, 1.54) is 18.9 Å². The van der Waals surface area contributed by atoms with Crippen molar-refractivity contribution >= 4 is 15.9 Å². The molecule has 0 aromatic heterocycles. The van der Waals surface area contributed by atoms with Gasteiger partial charge >= 0.3 is 0 Å². The van der Waals surface area contributed by atoms with Crippen LogP contribution in [-0.4, -0.2) is 26.3 Å². The Morgan fingerprint density at radius 3 is 2.72 bits per heavy atom. The number of likely N-dealkylation sites (N-methyl/N-ethyl adjacent to an activating group) is 1. The van der Waals surface area contributed by atoms with E-state index in [0.717, 1.165) is 12.0 Å². The third-order valence-corrected chi connectivity index (χ3v) is 4.17. The fourth-order valence-electron chi connectivity index (χ4n) is 2.41. The van der Waals surface area contributed by atoms with Gasteiger partial charge in [0.25, 0.3) is 0 Å². The number of hydrogen-bond donors (Lipinski definition) is 1. The van der Waals surface area contributed by atoms with Gasteiger partial charge in [-0.15, -0.1) is 0 Å². The Morgan fingerprint density at radius 2 is 2.22 bits per heavy atom. The van der Waals surface area contributed by atoms with E-state index in [1.54, 1.807) is 7.11 Å². The van der Waals surface area contributed by atoms with Crippen molar-refractivity contribution in [1.29, 1.82) is 0 Å². The van der Waals surface area contributed by atoms with E-state index in [9.17, 15) is 4.39 Å². The summed E-state index contributed by atoms with van der Waals surface area (Å²) in [6.07, 6.45) is 3.61. The molecule has 0 aliphatic heterocycles. The highest BCUT2D eigenvalue weighted by Gasteiger charge is 2.36. The molecule has 0 radical (unpaired) electrons. The molecule has 1 aliphatic carbocycles. The van der Waals surface area contributed by atoms with Crippen molar-refractivity contribution in [3.8, 4) is 0 Å². The molecule has 4 heteroatoms. The Kier molecular flexibility index (Phi) is 4.76. The number of halogens is 2. The highest BCUT2D eigenvalue weighted by atomic mass is 79.9. The maximum Gasteiger partial charge on any atom is 0.137 e. The quantitative estimate of drug-likeness (QED) is 0.870. The first-order chi connectivity index (χ1) is 8.65. The van der Waals surface area contributed by atoms with Crippen LogP contribution in [0.25, 0.3) is 0 Å². The van der Waals surface area contributed by atoms with Crippen molar-refractivity contribution in [2.45, 2.75) is 31.4 Å². The number of hydrogen-bond acceptors (Lipinski definition) is 2. The van der Waals surface area contributed by atoms with E-state index in [0.29, 0.717) is 10.4 Å². The summed E-state index contributed by atoms with van der Waals surface area (Å²) >= 11 is 3.23. The largest absolute Gasteiger partial charge is 0.380 e. The zero-order valence-corrected chi connectivity index (χ0v) is 12.3. The number of rotatable bonds is 6. The highest BCUT2D eigenvalue weighted by molar-refractivity contribution is 9.10. The summed E-state index contributed by atoms with van der Waals surface area (Å²) < 4.78 is 19.3. The molecule has 2 rings (SSSR count). The van der Waals surface area contributed by atoms with E-state index >= 15 is 0 Å². The van der Waals surface area contributed by atoms with Crippen LogP contribution in [0.4, 0.5) is 4.39 Å². The van der Waals surface area contributed by atoms with Crippen LogP contribution >= 0.6 is 15.9 Å². The molecular formula is C14H19BrFNO. The summed E-state index contributed by atoms with van der Waals surface area (Å²) in [6.45, 7) is 0. The summed E-state index contributed by atoms with van der Waals surface area (Å²) in [7, 11) is 3.73. The van der Waals surface area contributed by atoms with Crippen LogP contribution in [-0.2, 0) is 11.2 Å². The van der Waals surface area contributed by atoms with E-state index < -0.39 is 0 Å². The molecule has 0 bridgehead atoms. The second-order valence-corrected chi connectivity index (χ2v) is 5.74. The Balaban J connectivity index is 2.06. The molecule has 18 heavy (non-hydrogen) atoms. The van der Waals surface area contributed by atoms with Gasteiger partial charge in [0, 0.05) is 13.2 Å². The van der Waals surface area contributed by atoms with Gasteiger partial charge in [0.05, 0.1) is 10.6 Å². The lowest BCUT2D eigenvalue weighted by molar-refractivity contribution is 0.0534. The molecular weight excluding hydrogens is 297 g/mol. The van der Waals surface area contributed by atoms with Gasteiger partial charge in [-0.3, -0.25) is 0 Å². The van der Waals surface area contributed by atoms with Crippen LogP contribution in [0.1, 0.15) is 18.4 Å². The molecule has 1 aliphatic rings. The Hall–Kier alpha value is -0.450. The van der Waals surface area contributed by atoms with Gasteiger partial charge < -0.3 is 10.1 Å². The van der Waals surface area contributed by atoms with E-state index in [4.69, 9.17) is 4.74 Å². The standard InChI is InChI=1S/C14H19BrFNO/c1-17-13(14(18-2)10-4-5-10)8-9-3-6-12(16)11(15)7-9/h3,6-7,10,13-14,17H,4-5,8H2,1-2H3. The smallest absolute Gasteiger partial charge is 0.137 e. The van der Waals surface area contributed by atoms with Crippen molar-refractivity contribution in [1.82, 2.24) is 5.32 Å². The van der Waals surface area contributed by atoms with E-state index in [2.05, 4.69) is 21.2 Å². The van der Waals surface area contributed by atoms with Gasteiger partial charge in [-0.05, 0) is 65.9 Å². The maximum absolute atomic E-state index is 13.2. The molecule has 1 aromatic carbocycles. The third kappa shape index (κ3) is 3.31. The van der Waals surface area contributed by atoms with Crippen LogP contribution in [0.15, 0.2) is 22.7 Å². The monoisotopic (exact) mass is 315 g/mol. The average molecular weight is 316 g/mol. The SMILES string of the molecule is CNC(Cc1ccc(F)c(Br)c1)C(OC)C1CC1. The van der Waals surface area contributed by atoms with Crippen LogP contribution in [0.3, 0.4) is 0 Å². The second-order valence-electron chi connectivity index (χ2n) is 4.89. The Morgan fingerprint density at radius 1 is 1.50 bits per heavy atom. The molecule has 0 saturated heterocycles. The van der Waals surface area contributed by atoms with Gasteiger partial charge in [0.1, 0.15) is 5.82 Å². The van der Waals surface area contributed by atoms with Gasteiger partial charge in [-0.2, -0.15) is 0 Å². The lowest BCUT2D eigenvalue weighted by Gasteiger charge is -2.26. The van der Waals surface area contributed by atoms with Crippen molar-refractivity contribution in [3.63, 3.8) is 0 Å². The van der Waals surface area contributed by atoms with Crippen LogP contribution in [0, 0.1) is 11.7 Å².